The number of fused-ring (bicyclic) bond motifs is 1. The second kappa shape index (κ2) is 16.0. The molecule has 0 saturated carbocycles. The van der Waals surface area contributed by atoms with Crippen LogP contribution in [0.3, 0.4) is 0 Å². The van der Waals surface area contributed by atoms with Crippen molar-refractivity contribution < 1.29 is 28.8 Å². The van der Waals surface area contributed by atoms with Crippen LogP contribution >= 0.6 is 23.2 Å². The van der Waals surface area contributed by atoms with Gasteiger partial charge in [-0.05, 0) is 74.8 Å². The van der Waals surface area contributed by atoms with E-state index in [1.807, 2.05) is 43.3 Å². The van der Waals surface area contributed by atoms with Gasteiger partial charge in [0, 0.05) is 43.4 Å². The summed E-state index contributed by atoms with van der Waals surface area (Å²) in [5.41, 5.74) is 4.25. The molecule has 7 nitrogen and oxygen atoms in total. The quantitative estimate of drug-likeness (QED) is 0.148. The van der Waals surface area contributed by atoms with Crippen molar-refractivity contribution in [1.29, 1.82) is 0 Å². The fourth-order valence-corrected chi connectivity index (χ4v) is 6.65. The lowest BCUT2D eigenvalue weighted by atomic mass is 9.96. The largest absolute Gasteiger partial charge is 0.493 e. The zero-order valence-corrected chi connectivity index (χ0v) is 28.2. The molecule has 1 atom stereocenters. The average molecular weight is 676 g/mol. The van der Waals surface area contributed by atoms with Gasteiger partial charge in [0.15, 0.2) is 0 Å². The molecule has 0 spiro atoms. The Morgan fingerprint density at radius 1 is 0.957 bits per heavy atom. The molecule has 46 heavy (non-hydrogen) atoms. The second-order valence-corrected chi connectivity index (χ2v) is 13.2. The number of aliphatic hydroxyl groups excluding tert-OH is 2. The summed E-state index contributed by atoms with van der Waals surface area (Å²) < 4.78 is 32.0. The van der Waals surface area contributed by atoms with Crippen LogP contribution < -0.4 is 19.5 Å². The van der Waals surface area contributed by atoms with Crippen molar-refractivity contribution in [1.82, 2.24) is 10.2 Å². The Labute approximate surface area is 281 Å². The van der Waals surface area contributed by atoms with Gasteiger partial charge in [-0.25, -0.2) is 4.39 Å². The Hall–Kier alpha value is -2.59. The van der Waals surface area contributed by atoms with Gasteiger partial charge in [0.25, 0.3) is 0 Å². The molecule has 0 radical (unpaired) electrons. The van der Waals surface area contributed by atoms with Gasteiger partial charge in [-0.2, -0.15) is 0 Å². The topological polar surface area (TPSA) is 83.4 Å². The monoisotopic (exact) mass is 674 g/mol. The maximum atomic E-state index is 13.4. The van der Waals surface area contributed by atoms with E-state index in [-0.39, 0.29) is 19.3 Å². The molecule has 0 amide bonds. The third-order valence-electron chi connectivity index (χ3n) is 8.95. The van der Waals surface area contributed by atoms with E-state index in [2.05, 4.69) is 22.3 Å². The number of alkyl halides is 1. The molecule has 0 bridgehead atoms. The number of halogens is 3. The van der Waals surface area contributed by atoms with Crippen LogP contribution in [0.1, 0.15) is 62.3 Å². The lowest BCUT2D eigenvalue weighted by Crippen LogP contribution is -2.48. The number of nitrogens with zero attached hydrogens (tertiary/aromatic N) is 1. The number of nitrogens with one attached hydrogen (secondary N) is 1. The van der Waals surface area contributed by atoms with E-state index < -0.39 is 11.7 Å². The number of hydrogen-bond acceptors (Lipinski definition) is 7. The Morgan fingerprint density at radius 3 is 2.43 bits per heavy atom. The van der Waals surface area contributed by atoms with Crippen molar-refractivity contribution in [3.05, 3.63) is 75.3 Å². The Balaban J connectivity index is 1.28. The lowest BCUT2D eigenvalue weighted by Gasteiger charge is -2.28. The summed E-state index contributed by atoms with van der Waals surface area (Å²) in [6.07, 6.45) is 2.84. The summed E-state index contributed by atoms with van der Waals surface area (Å²) in [6, 6.07) is 15.7. The van der Waals surface area contributed by atoms with E-state index in [1.165, 1.54) is 5.56 Å². The number of ether oxygens (including phenoxy) is 3. The zero-order chi connectivity index (χ0) is 32.7. The maximum absolute atomic E-state index is 13.4. The SMILES string of the molecule is CCOc1cc(O[C@H]2CCc3c(-c4cccc(OCCCN5CCC(F)CC5)c4Cl)cccc32)c(Cl)cc1CNC(C)(CO)CO. The van der Waals surface area contributed by atoms with Crippen molar-refractivity contribution in [3.8, 4) is 28.4 Å². The predicted molar refractivity (Wildman–Crippen MR) is 181 cm³/mol. The summed E-state index contributed by atoms with van der Waals surface area (Å²) in [4.78, 5) is 2.30. The van der Waals surface area contributed by atoms with Crippen molar-refractivity contribution in [2.45, 2.75) is 70.3 Å². The standard InChI is InChI=1S/C36H45Cl2FN2O5/c1-3-44-33-20-34(30(37)19-24(33)21-40-36(2,22-42)23-43)46-31-12-11-27-26(7-4-8-28(27)31)29-9-5-10-32(35(29)38)45-18-6-15-41-16-13-25(39)14-17-41/h4-5,7-10,19-20,25,31,40,42-43H,3,6,11-18,21-23H2,1-2H3/t31-/m0/s1. The van der Waals surface area contributed by atoms with Crippen LogP contribution in [0, 0.1) is 0 Å². The van der Waals surface area contributed by atoms with Gasteiger partial charge >= 0.3 is 0 Å². The Morgan fingerprint density at radius 2 is 1.70 bits per heavy atom. The highest BCUT2D eigenvalue weighted by molar-refractivity contribution is 6.35. The molecule has 1 fully saturated rings. The normalized spacial score (nSPS) is 17.2. The molecule has 3 aromatic rings. The van der Waals surface area contributed by atoms with Gasteiger partial charge in [-0.3, -0.25) is 0 Å². The molecule has 0 unspecified atom stereocenters. The zero-order valence-electron chi connectivity index (χ0n) is 26.7. The predicted octanol–water partition coefficient (Wildman–Crippen LogP) is 7.16. The number of piperidine rings is 1. The highest BCUT2D eigenvalue weighted by Crippen LogP contribution is 2.45. The third kappa shape index (κ3) is 8.27. The lowest BCUT2D eigenvalue weighted by molar-refractivity contribution is 0.103. The highest BCUT2D eigenvalue weighted by atomic mass is 35.5. The molecule has 10 heteroatoms. The molecule has 2 aliphatic rings. The van der Waals surface area contributed by atoms with E-state index in [0.29, 0.717) is 59.9 Å². The minimum Gasteiger partial charge on any atom is -0.493 e. The minimum absolute atomic E-state index is 0.196. The molecule has 250 valence electrons. The molecule has 1 aliphatic heterocycles. The number of aliphatic hydroxyl groups is 2. The third-order valence-corrected chi connectivity index (χ3v) is 9.64. The Bertz CT molecular complexity index is 1460. The van der Waals surface area contributed by atoms with Crippen LogP contribution in [0.5, 0.6) is 17.2 Å². The van der Waals surface area contributed by atoms with Crippen molar-refractivity contribution >= 4 is 23.2 Å². The number of likely N-dealkylation sites (tertiary alicyclic amines) is 1. The van der Waals surface area contributed by atoms with Crippen LogP contribution in [-0.4, -0.2) is 72.9 Å². The van der Waals surface area contributed by atoms with E-state index in [4.69, 9.17) is 37.4 Å². The summed E-state index contributed by atoms with van der Waals surface area (Å²) >= 11 is 13.7. The van der Waals surface area contributed by atoms with Gasteiger partial charge in [-0.1, -0.05) is 53.5 Å². The smallest absolute Gasteiger partial charge is 0.142 e. The van der Waals surface area contributed by atoms with E-state index >= 15 is 0 Å². The summed E-state index contributed by atoms with van der Waals surface area (Å²) in [5, 5.41) is 23.6. The van der Waals surface area contributed by atoms with Crippen molar-refractivity contribution in [2.24, 2.45) is 0 Å². The van der Waals surface area contributed by atoms with Gasteiger partial charge < -0.3 is 34.6 Å². The summed E-state index contributed by atoms with van der Waals surface area (Å²) in [7, 11) is 0. The van der Waals surface area contributed by atoms with Crippen LogP contribution in [0.2, 0.25) is 10.0 Å². The first kappa shape index (κ1) is 34.7. The van der Waals surface area contributed by atoms with Crippen molar-refractivity contribution in [3.63, 3.8) is 0 Å². The van der Waals surface area contributed by atoms with Gasteiger partial charge in [0.1, 0.15) is 29.5 Å². The molecule has 3 aromatic carbocycles. The maximum Gasteiger partial charge on any atom is 0.142 e. The summed E-state index contributed by atoms with van der Waals surface area (Å²) in [6.45, 7) is 7.10. The van der Waals surface area contributed by atoms with Crippen LogP contribution in [0.4, 0.5) is 4.39 Å². The van der Waals surface area contributed by atoms with Crippen LogP contribution in [-0.2, 0) is 13.0 Å². The number of rotatable bonds is 15. The van der Waals surface area contributed by atoms with Crippen LogP contribution in [0.15, 0.2) is 48.5 Å². The number of hydrogen-bond donors (Lipinski definition) is 3. The fraction of sp³-hybridized carbons (Fsp3) is 0.500. The van der Waals surface area contributed by atoms with E-state index in [1.54, 1.807) is 6.92 Å². The molecule has 0 aromatic heterocycles. The van der Waals surface area contributed by atoms with Crippen LogP contribution in [0.25, 0.3) is 11.1 Å². The Kier molecular flexibility index (Phi) is 12.1. The average Bonchev–Trinajstić information content (AvgIpc) is 3.48. The van der Waals surface area contributed by atoms with E-state index in [9.17, 15) is 14.6 Å². The van der Waals surface area contributed by atoms with Gasteiger partial charge in [0.05, 0.1) is 42.0 Å². The first-order valence-corrected chi connectivity index (χ1v) is 17.0. The van der Waals surface area contributed by atoms with E-state index in [0.717, 1.165) is 61.2 Å². The first-order valence-electron chi connectivity index (χ1n) is 16.2. The fourth-order valence-electron chi connectivity index (χ4n) is 6.13. The molecule has 1 heterocycles. The molecular formula is C36H45Cl2FN2O5. The summed E-state index contributed by atoms with van der Waals surface area (Å²) in [5.74, 6) is 1.83. The van der Waals surface area contributed by atoms with Crippen molar-refractivity contribution in [2.75, 3.05) is 46.1 Å². The van der Waals surface area contributed by atoms with Gasteiger partial charge in [0.2, 0.25) is 0 Å². The molecule has 1 aliphatic carbocycles. The minimum atomic E-state index is -0.833. The molecule has 5 rings (SSSR count). The second-order valence-electron chi connectivity index (χ2n) is 12.4. The molecule has 1 saturated heterocycles. The van der Waals surface area contributed by atoms with Gasteiger partial charge in [-0.15, -0.1) is 0 Å². The first-order chi connectivity index (χ1) is 22.2. The molecular weight excluding hydrogens is 630 g/mol. The molecule has 3 N–H and O–H groups in total. The number of benzene rings is 3. The highest BCUT2D eigenvalue weighted by Gasteiger charge is 2.29.